The number of anilines is 1. The fourth-order valence-electron chi connectivity index (χ4n) is 2.31. The number of rotatable bonds is 2. The number of benzene rings is 1. The van der Waals surface area contributed by atoms with E-state index in [9.17, 15) is 14.7 Å². The summed E-state index contributed by atoms with van der Waals surface area (Å²) >= 11 is 0. The fraction of sp³-hybridized carbons (Fsp3) is 0.385. The zero-order chi connectivity index (χ0) is 14.2. The molecule has 6 heteroatoms. The van der Waals surface area contributed by atoms with Crippen molar-refractivity contribution in [1.82, 2.24) is 4.90 Å². The van der Waals surface area contributed by atoms with E-state index in [1.54, 1.807) is 25.1 Å². The third-order valence-corrected chi connectivity index (χ3v) is 3.43. The number of aliphatic hydroxyl groups is 1. The molecule has 0 saturated carbocycles. The van der Waals surface area contributed by atoms with Crippen molar-refractivity contribution in [2.24, 2.45) is 0 Å². The van der Waals surface area contributed by atoms with Crippen LogP contribution < -0.4 is 5.73 Å². The fourth-order valence-corrected chi connectivity index (χ4v) is 2.31. The van der Waals surface area contributed by atoms with Crippen LogP contribution >= 0.6 is 0 Å². The van der Waals surface area contributed by atoms with Gasteiger partial charge in [0.15, 0.2) is 0 Å². The molecule has 19 heavy (non-hydrogen) atoms. The molecule has 4 N–H and O–H groups in total. The van der Waals surface area contributed by atoms with Gasteiger partial charge in [-0.1, -0.05) is 6.07 Å². The number of likely N-dealkylation sites (tertiary alicyclic amines) is 1. The first kappa shape index (κ1) is 13.4. The van der Waals surface area contributed by atoms with Crippen LogP contribution in [0.25, 0.3) is 0 Å². The third kappa shape index (κ3) is 2.39. The van der Waals surface area contributed by atoms with Crippen LogP contribution in [0.4, 0.5) is 5.69 Å². The van der Waals surface area contributed by atoms with Crippen LogP contribution in [0, 0.1) is 6.92 Å². The highest BCUT2D eigenvalue weighted by Gasteiger charge is 2.39. The lowest BCUT2D eigenvalue weighted by Crippen LogP contribution is -2.40. The highest BCUT2D eigenvalue weighted by molar-refractivity contribution is 5.99. The van der Waals surface area contributed by atoms with Crippen LogP contribution in [-0.4, -0.2) is 45.7 Å². The normalized spacial score (nSPS) is 22.5. The Labute approximate surface area is 110 Å². The molecule has 6 nitrogen and oxygen atoms in total. The summed E-state index contributed by atoms with van der Waals surface area (Å²) in [6, 6.07) is 3.96. The van der Waals surface area contributed by atoms with Gasteiger partial charge in [0.2, 0.25) is 0 Å². The van der Waals surface area contributed by atoms with Crippen molar-refractivity contribution >= 4 is 17.6 Å². The van der Waals surface area contributed by atoms with Crippen LogP contribution in [-0.2, 0) is 4.79 Å². The minimum Gasteiger partial charge on any atom is -0.480 e. The van der Waals surface area contributed by atoms with Crippen LogP contribution in [0.15, 0.2) is 18.2 Å². The van der Waals surface area contributed by atoms with E-state index in [1.165, 1.54) is 4.90 Å². The molecule has 0 radical (unpaired) electrons. The van der Waals surface area contributed by atoms with E-state index in [0.29, 0.717) is 16.8 Å². The standard InChI is InChI=1S/C13H16N2O4/c1-7-9(3-2-4-10(7)14)12(17)15-6-8(16)5-11(15)13(18)19/h2-4,8,11,16H,5-6,14H2,1H3,(H,18,19). The topological polar surface area (TPSA) is 104 Å². The summed E-state index contributed by atoms with van der Waals surface area (Å²) in [7, 11) is 0. The van der Waals surface area contributed by atoms with Crippen molar-refractivity contribution in [3.05, 3.63) is 29.3 Å². The summed E-state index contributed by atoms with van der Waals surface area (Å²) < 4.78 is 0. The predicted molar refractivity (Wildman–Crippen MR) is 68.7 cm³/mol. The molecule has 1 aromatic carbocycles. The first-order valence-electron chi connectivity index (χ1n) is 5.98. The second kappa shape index (κ2) is 4.89. The second-order valence-corrected chi connectivity index (χ2v) is 4.72. The molecule has 1 aromatic rings. The SMILES string of the molecule is Cc1c(N)cccc1C(=O)N1CC(O)CC1C(=O)O. The molecule has 1 fully saturated rings. The first-order chi connectivity index (χ1) is 8.91. The van der Waals surface area contributed by atoms with Gasteiger partial charge in [-0.2, -0.15) is 0 Å². The Hall–Kier alpha value is -2.08. The molecule has 0 bridgehead atoms. The summed E-state index contributed by atoms with van der Waals surface area (Å²) in [5.74, 6) is -1.51. The highest BCUT2D eigenvalue weighted by Crippen LogP contribution is 2.24. The zero-order valence-electron chi connectivity index (χ0n) is 10.5. The van der Waals surface area contributed by atoms with Crippen molar-refractivity contribution in [2.45, 2.75) is 25.5 Å². The van der Waals surface area contributed by atoms with Gasteiger partial charge in [0.25, 0.3) is 5.91 Å². The van der Waals surface area contributed by atoms with E-state index in [2.05, 4.69) is 0 Å². The number of amides is 1. The van der Waals surface area contributed by atoms with Crippen LogP contribution in [0.1, 0.15) is 22.3 Å². The average molecular weight is 264 g/mol. The Bertz CT molecular complexity index is 529. The maximum absolute atomic E-state index is 12.4. The number of nitrogens with zero attached hydrogens (tertiary/aromatic N) is 1. The van der Waals surface area contributed by atoms with E-state index in [-0.39, 0.29) is 13.0 Å². The molecule has 1 heterocycles. The predicted octanol–water partition coefficient (Wildman–Crippen LogP) is 0.237. The van der Waals surface area contributed by atoms with Crippen molar-refractivity contribution in [3.8, 4) is 0 Å². The Morgan fingerprint density at radius 1 is 1.42 bits per heavy atom. The number of carboxylic acid groups (broad SMARTS) is 1. The molecule has 0 aromatic heterocycles. The van der Waals surface area contributed by atoms with Gasteiger partial charge >= 0.3 is 5.97 Å². The van der Waals surface area contributed by atoms with Gasteiger partial charge in [0.05, 0.1) is 6.10 Å². The molecule has 1 aliphatic rings. The number of nitrogens with two attached hydrogens (primary N) is 1. The minimum absolute atomic E-state index is 0.0318. The number of β-amino-alcohol motifs (C(OH)–C–C–N with tert-alkyl or cyclic N) is 1. The largest absolute Gasteiger partial charge is 0.480 e. The zero-order valence-corrected chi connectivity index (χ0v) is 10.5. The van der Waals surface area contributed by atoms with Gasteiger partial charge < -0.3 is 20.8 Å². The summed E-state index contributed by atoms with van der Waals surface area (Å²) in [5, 5.41) is 18.6. The molecule has 1 aliphatic heterocycles. The monoisotopic (exact) mass is 264 g/mol. The van der Waals surface area contributed by atoms with Crippen LogP contribution in [0.3, 0.4) is 0 Å². The van der Waals surface area contributed by atoms with Gasteiger partial charge in [0.1, 0.15) is 6.04 Å². The molecular weight excluding hydrogens is 248 g/mol. The van der Waals surface area contributed by atoms with Gasteiger partial charge in [-0.25, -0.2) is 4.79 Å². The summed E-state index contributed by atoms with van der Waals surface area (Å²) in [4.78, 5) is 24.7. The maximum Gasteiger partial charge on any atom is 0.326 e. The number of hydrogen-bond donors (Lipinski definition) is 3. The smallest absolute Gasteiger partial charge is 0.326 e. The molecule has 0 aliphatic carbocycles. The van der Waals surface area contributed by atoms with Crippen molar-refractivity contribution in [3.63, 3.8) is 0 Å². The van der Waals surface area contributed by atoms with E-state index in [1.807, 2.05) is 0 Å². The van der Waals surface area contributed by atoms with E-state index in [0.717, 1.165) is 0 Å². The Morgan fingerprint density at radius 3 is 2.74 bits per heavy atom. The number of nitrogen functional groups attached to an aromatic ring is 1. The lowest BCUT2D eigenvalue weighted by Gasteiger charge is -2.22. The number of aliphatic hydroxyl groups excluding tert-OH is 1. The molecule has 2 rings (SSSR count). The number of carbonyl (C=O) groups is 2. The van der Waals surface area contributed by atoms with Crippen LogP contribution in [0.5, 0.6) is 0 Å². The van der Waals surface area contributed by atoms with E-state index >= 15 is 0 Å². The van der Waals surface area contributed by atoms with Gasteiger partial charge in [-0.05, 0) is 24.6 Å². The molecule has 2 atom stereocenters. The number of aliphatic carboxylic acids is 1. The minimum atomic E-state index is -1.11. The third-order valence-electron chi connectivity index (χ3n) is 3.43. The molecule has 2 unspecified atom stereocenters. The summed E-state index contributed by atoms with van der Waals surface area (Å²) in [6.07, 6.45) is -0.742. The summed E-state index contributed by atoms with van der Waals surface area (Å²) in [5.41, 5.74) is 7.22. The van der Waals surface area contributed by atoms with Crippen molar-refractivity contribution in [1.29, 1.82) is 0 Å². The Kier molecular flexibility index (Phi) is 3.44. The van der Waals surface area contributed by atoms with Gasteiger partial charge in [-0.3, -0.25) is 4.79 Å². The lowest BCUT2D eigenvalue weighted by molar-refractivity contribution is -0.141. The number of hydrogen-bond acceptors (Lipinski definition) is 4. The molecule has 0 spiro atoms. The molecule has 102 valence electrons. The van der Waals surface area contributed by atoms with E-state index < -0.39 is 24.0 Å². The molecule has 1 amide bonds. The Balaban J connectivity index is 2.33. The number of carbonyl (C=O) groups excluding carboxylic acids is 1. The van der Waals surface area contributed by atoms with Crippen molar-refractivity contribution < 1.29 is 19.8 Å². The molecule has 1 saturated heterocycles. The summed E-state index contributed by atoms with van der Waals surface area (Å²) in [6.45, 7) is 1.74. The van der Waals surface area contributed by atoms with Gasteiger partial charge in [0, 0.05) is 24.2 Å². The van der Waals surface area contributed by atoms with Crippen LogP contribution in [0.2, 0.25) is 0 Å². The first-order valence-corrected chi connectivity index (χ1v) is 5.98. The number of carboxylic acids is 1. The van der Waals surface area contributed by atoms with Crippen molar-refractivity contribution in [2.75, 3.05) is 12.3 Å². The second-order valence-electron chi connectivity index (χ2n) is 4.72. The lowest BCUT2D eigenvalue weighted by atomic mass is 10.1. The quantitative estimate of drug-likeness (QED) is 0.664. The molecular formula is C13H16N2O4. The van der Waals surface area contributed by atoms with E-state index in [4.69, 9.17) is 10.8 Å². The Morgan fingerprint density at radius 2 is 2.11 bits per heavy atom. The van der Waals surface area contributed by atoms with Gasteiger partial charge in [-0.15, -0.1) is 0 Å². The maximum atomic E-state index is 12.4. The average Bonchev–Trinajstić information content (AvgIpc) is 2.74. The highest BCUT2D eigenvalue weighted by atomic mass is 16.4.